The van der Waals surface area contributed by atoms with Gasteiger partial charge in [0, 0.05) is 13.1 Å². The van der Waals surface area contributed by atoms with Gasteiger partial charge in [-0.25, -0.2) is 4.79 Å². The number of ether oxygens (including phenoxy) is 5. The molecule has 2 heterocycles. The maximum atomic E-state index is 12.3. The Hall–Kier alpha value is -1.81. The molecule has 29 heavy (non-hydrogen) atoms. The van der Waals surface area contributed by atoms with E-state index in [0.29, 0.717) is 32.5 Å². The van der Waals surface area contributed by atoms with Crippen LogP contribution >= 0.6 is 0 Å². The number of likely N-dealkylation sites (tertiary alicyclic amines) is 1. The number of halogens is 2. The first-order valence-corrected chi connectivity index (χ1v) is 9.82. The fraction of sp³-hybridized carbons (Fsp3) is 0.650. The molecule has 0 aliphatic carbocycles. The lowest BCUT2D eigenvalue weighted by atomic mass is 10.1. The summed E-state index contributed by atoms with van der Waals surface area (Å²) in [6, 6.07) is 9.55. The van der Waals surface area contributed by atoms with Gasteiger partial charge in [-0.15, -0.1) is 0 Å². The first-order chi connectivity index (χ1) is 14.1. The second-order valence-electron chi connectivity index (χ2n) is 6.98. The van der Waals surface area contributed by atoms with Crippen LogP contribution in [-0.4, -0.2) is 75.4 Å². The van der Waals surface area contributed by atoms with E-state index in [-0.39, 0.29) is 38.6 Å². The van der Waals surface area contributed by atoms with Crippen molar-refractivity contribution in [2.75, 3.05) is 39.5 Å². The molecule has 0 bridgehead atoms. The molecule has 0 saturated carbocycles. The molecular formula is C20H27F2NO6. The zero-order valence-electron chi connectivity index (χ0n) is 16.2. The summed E-state index contributed by atoms with van der Waals surface area (Å²) in [7, 11) is 0. The molecule has 2 saturated heterocycles. The van der Waals surface area contributed by atoms with Crippen LogP contribution in [-0.2, 0) is 30.3 Å². The van der Waals surface area contributed by atoms with Gasteiger partial charge in [0.05, 0.1) is 32.5 Å². The second-order valence-corrected chi connectivity index (χ2v) is 6.98. The molecule has 9 heteroatoms. The van der Waals surface area contributed by atoms with Crippen molar-refractivity contribution in [1.82, 2.24) is 4.90 Å². The van der Waals surface area contributed by atoms with Gasteiger partial charge in [-0.05, 0) is 18.4 Å². The molecule has 1 amide bonds. The number of alkyl halides is 2. The third kappa shape index (κ3) is 7.18. The number of hydrogen-bond donors (Lipinski definition) is 0. The van der Waals surface area contributed by atoms with E-state index in [1.165, 1.54) is 0 Å². The molecule has 7 nitrogen and oxygen atoms in total. The highest BCUT2D eigenvalue weighted by Gasteiger charge is 2.32. The van der Waals surface area contributed by atoms with Crippen molar-refractivity contribution < 1.29 is 37.3 Å². The molecule has 2 aliphatic rings. The number of benzene rings is 1. The Morgan fingerprint density at radius 2 is 1.76 bits per heavy atom. The van der Waals surface area contributed by atoms with E-state index in [9.17, 15) is 13.6 Å². The van der Waals surface area contributed by atoms with Crippen LogP contribution in [0.15, 0.2) is 30.3 Å². The van der Waals surface area contributed by atoms with Crippen molar-refractivity contribution in [3.8, 4) is 0 Å². The predicted molar refractivity (Wildman–Crippen MR) is 98.6 cm³/mol. The number of amides is 1. The summed E-state index contributed by atoms with van der Waals surface area (Å²) in [5.41, 5.74) is 0.952. The van der Waals surface area contributed by atoms with Crippen LogP contribution in [0.3, 0.4) is 0 Å². The molecule has 0 spiro atoms. The van der Waals surface area contributed by atoms with Crippen LogP contribution < -0.4 is 0 Å². The lowest BCUT2D eigenvalue weighted by Gasteiger charge is -2.31. The largest absolute Gasteiger partial charge is 0.445 e. The minimum atomic E-state index is -2.84. The zero-order chi connectivity index (χ0) is 20.5. The van der Waals surface area contributed by atoms with Crippen LogP contribution in [0.25, 0.3) is 0 Å². The summed E-state index contributed by atoms with van der Waals surface area (Å²) < 4.78 is 50.9. The van der Waals surface area contributed by atoms with E-state index in [4.69, 9.17) is 18.9 Å². The van der Waals surface area contributed by atoms with Gasteiger partial charge in [0.1, 0.15) is 18.8 Å². The Morgan fingerprint density at radius 1 is 1.07 bits per heavy atom. The van der Waals surface area contributed by atoms with E-state index in [1.54, 1.807) is 4.90 Å². The molecule has 3 rings (SSSR count). The summed E-state index contributed by atoms with van der Waals surface area (Å²) in [6.07, 6.45) is -0.116. The molecule has 1 aromatic carbocycles. The van der Waals surface area contributed by atoms with E-state index >= 15 is 0 Å². The van der Waals surface area contributed by atoms with E-state index in [2.05, 4.69) is 4.74 Å². The first-order valence-electron chi connectivity index (χ1n) is 9.82. The molecule has 0 radical (unpaired) electrons. The number of piperidine rings is 1. The average Bonchev–Trinajstić information content (AvgIpc) is 3.17. The quantitative estimate of drug-likeness (QED) is 0.578. The minimum Gasteiger partial charge on any atom is -0.445 e. The molecule has 0 aromatic heterocycles. The SMILES string of the molecule is O=C(OCc1ccccc1)N1CCC(OCCO[C@@H]2COC[C@H]2OC(F)F)CC1. The Kier molecular flexibility index (Phi) is 8.60. The Labute approximate surface area is 168 Å². The summed E-state index contributed by atoms with van der Waals surface area (Å²) in [5, 5.41) is 0. The fourth-order valence-electron chi connectivity index (χ4n) is 3.36. The first kappa shape index (κ1) is 21.9. The summed E-state index contributed by atoms with van der Waals surface area (Å²) >= 11 is 0. The smallest absolute Gasteiger partial charge is 0.410 e. The molecule has 2 atom stereocenters. The van der Waals surface area contributed by atoms with Crippen LogP contribution in [0.1, 0.15) is 18.4 Å². The van der Waals surface area contributed by atoms with Crippen LogP contribution in [0.5, 0.6) is 0 Å². The van der Waals surface area contributed by atoms with Gasteiger partial charge in [-0.2, -0.15) is 8.78 Å². The van der Waals surface area contributed by atoms with Gasteiger partial charge in [0.15, 0.2) is 0 Å². The monoisotopic (exact) mass is 415 g/mol. The third-order valence-corrected chi connectivity index (χ3v) is 4.93. The molecule has 2 aliphatic heterocycles. The summed E-state index contributed by atoms with van der Waals surface area (Å²) in [6.45, 7) is -0.477. The Balaban J connectivity index is 1.26. The Bertz CT molecular complexity index is 612. The van der Waals surface area contributed by atoms with Gasteiger partial charge < -0.3 is 28.6 Å². The van der Waals surface area contributed by atoms with Crippen molar-refractivity contribution in [2.24, 2.45) is 0 Å². The summed E-state index contributed by atoms with van der Waals surface area (Å²) in [4.78, 5) is 13.8. The Morgan fingerprint density at radius 3 is 2.48 bits per heavy atom. The van der Waals surface area contributed by atoms with Crippen molar-refractivity contribution in [1.29, 1.82) is 0 Å². The van der Waals surface area contributed by atoms with Crippen LogP contribution in [0, 0.1) is 0 Å². The maximum absolute atomic E-state index is 12.3. The highest BCUT2D eigenvalue weighted by molar-refractivity contribution is 5.67. The van der Waals surface area contributed by atoms with Gasteiger partial charge >= 0.3 is 12.7 Å². The van der Waals surface area contributed by atoms with E-state index in [0.717, 1.165) is 5.56 Å². The third-order valence-electron chi connectivity index (χ3n) is 4.93. The van der Waals surface area contributed by atoms with E-state index < -0.39 is 18.8 Å². The lowest BCUT2D eigenvalue weighted by Crippen LogP contribution is -2.41. The van der Waals surface area contributed by atoms with Crippen molar-refractivity contribution in [3.63, 3.8) is 0 Å². The van der Waals surface area contributed by atoms with Gasteiger partial charge in [0.2, 0.25) is 0 Å². The van der Waals surface area contributed by atoms with Gasteiger partial charge in [0.25, 0.3) is 0 Å². The standard InChI is InChI=1S/C20H27F2NO6/c21-19(22)29-18-14-25-13-17(18)27-11-10-26-16-6-8-23(9-7-16)20(24)28-12-15-4-2-1-3-5-15/h1-5,16-19H,6-14H2/t17-,18-/m1/s1. The molecule has 0 unspecified atom stereocenters. The zero-order valence-corrected chi connectivity index (χ0v) is 16.2. The molecule has 2 fully saturated rings. The molecule has 162 valence electrons. The lowest BCUT2D eigenvalue weighted by molar-refractivity contribution is -0.185. The van der Waals surface area contributed by atoms with Crippen molar-refractivity contribution in [3.05, 3.63) is 35.9 Å². The number of carbonyl (C=O) groups is 1. The number of nitrogens with zero attached hydrogens (tertiary/aromatic N) is 1. The normalized spacial score (nSPS) is 22.9. The van der Waals surface area contributed by atoms with E-state index in [1.807, 2.05) is 30.3 Å². The van der Waals surface area contributed by atoms with Crippen LogP contribution in [0.4, 0.5) is 13.6 Å². The maximum Gasteiger partial charge on any atom is 0.410 e. The van der Waals surface area contributed by atoms with Crippen molar-refractivity contribution in [2.45, 2.75) is 44.4 Å². The average molecular weight is 415 g/mol. The van der Waals surface area contributed by atoms with Gasteiger partial charge in [-0.3, -0.25) is 0 Å². The molecular weight excluding hydrogens is 388 g/mol. The van der Waals surface area contributed by atoms with Crippen LogP contribution in [0.2, 0.25) is 0 Å². The fourth-order valence-corrected chi connectivity index (χ4v) is 3.36. The number of rotatable bonds is 9. The predicted octanol–water partition coefficient (Wildman–Crippen LogP) is 2.83. The minimum absolute atomic E-state index is 0.0321. The van der Waals surface area contributed by atoms with Gasteiger partial charge in [-0.1, -0.05) is 30.3 Å². The summed E-state index contributed by atoms with van der Waals surface area (Å²) in [5.74, 6) is 0. The molecule has 0 N–H and O–H groups in total. The highest BCUT2D eigenvalue weighted by Crippen LogP contribution is 2.18. The number of hydrogen-bond acceptors (Lipinski definition) is 6. The topological polar surface area (TPSA) is 66.5 Å². The highest BCUT2D eigenvalue weighted by atomic mass is 19.3. The second kappa shape index (κ2) is 11.4. The molecule has 1 aromatic rings. The number of carbonyl (C=O) groups excluding carboxylic acids is 1. The van der Waals surface area contributed by atoms with Crippen molar-refractivity contribution >= 4 is 6.09 Å².